The van der Waals surface area contributed by atoms with E-state index in [2.05, 4.69) is 19.7 Å². The van der Waals surface area contributed by atoms with Crippen LogP contribution < -0.4 is 70.7 Å². The number of hydrogen-bond acceptors (Lipinski definition) is 11. The molecule has 0 heterocycles. The van der Waals surface area contributed by atoms with Gasteiger partial charge in [0, 0.05) is 23.8 Å². The summed E-state index contributed by atoms with van der Waals surface area (Å²) in [6.07, 6.45) is 32.0. The van der Waals surface area contributed by atoms with Gasteiger partial charge in [0.15, 0.2) is 11.5 Å². The summed E-state index contributed by atoms with van der Waals surface area (Å²) in [7, 11) is 0. The van der Waals surface area contributed by atoms with Crippen LogP contribution in [0.15, 0.2) is 50.1 Å². The average Bonchev–Trinajstić information content (AvgIpc) is 3.25. The standard InChI is InChI=1S/C49H78O11.K/c1-4-45(50)57-36-30-24-18-12-7-10-16-22-28-34-55-43-40-42(49(53)54)41-44(56-35-29-23-17-11-8-13-19-25-31-37-58-46(51)5-2)48(43)60-39-33-27-21-15-9-14-20-26-32-38-59-47(52)6-3;/h4-6,40-41H,1-3,7-39H2,(H,53,54);/q;+1/p-1. The third-order valence-corrected chi connectivity index (χ3v) is 10.1. The Balaban J connectivity index is 0.0000360. The van der Waals surface area contributed by atoms with Gasteiger partial charge in [-0.1, -0.05) is 155 Å². The van der Waals surface area contributed by atoms with Gasteiger partial charge in [-0.05, 0) is 50.7 Å². The van der Waals surface area contributed by atoms with E-state index in [-0.39, 0.29) is 74.9 Å². The molecule has 0 fully saturated rings. The monoisotopic (exact) mass is 881 g/mol. The maximum atomic E-state index is 12.0. The average molecular weight is 881 g/mol. The van der Waals surface area contributed by atoms with E-state index >= 15 is 0 Å². The SMILES string of the molecule is C=CC(=O)OCCCCCCCCCCCOc1cc(C(=O)[O-])cc(OCCCCCCCCCCCOC(=O)C=C)c1OCCCCCCCCCCCOC(=O)C=C.[K+]. The van der Waals surface area contributed by atoms with E-state index < -0.39 is 5.97 Å². The van der Waals surface area contributed by atoms with E-state index in [4.69, 9.17) is 28.4 Å². The predicted octanol–water partition coefficient (Wildman–Crippen LogP) is 7.91. The van der Waals surface area contributed by atoms with Gasteiger partial charge in [-0.2, -0.15) is 0 Å². The van der Waals surface area contributed by atoms with Crippen molar-refractivity contribution in [3.05, 3.63) is 55.7 Å². The van der Waals surface area contributed by atoms with Crippen LogP contribution in [-0.2, 0) is 28.6 Å². The molecule has 1 rings (SSSR count). The Hall–Kier alpha value is -2.64. The summed E-state index contributed by atoms with van der Waals surface area (Å²) in [5.41, 5.74) is 0.00265. The Bertz CT molecular complexity index is 1260. The maximum Gasteiger partial charge on any atom is 1.00 e. The zero-order valence-corrected chi connectivity index (χ0v) is 41.0. The molecule has 0 aliphatic rings. The summed E-state index contributed by atoms with van der Waals surface area (Å²) in [6, 6.07) is 2.99. The molecule has 61 heavy (non-hydrogen) atoms. The first-order chi connectivity index (χ1) is 29.3. The molecule has 0 saturated heterocycles. The topological polar surface area (TPSA) is 147 Å². The van der Waals surface area contributed by atoms with Crippen LogP contribution in [0.5, 0.6) is 17.2 Å². The molecule has 11 nitrogen and oxygen atoms in total. The van der Waals surface area contributed by atoms with Gasteiger partial charge in [-0.15, -0.1) is 0 Å². The summed E-state index contributed by atoms with van der Waals surface area (Å²) >= 11 is 0. The molecule has 1 aromatic rings. The number of rotatable bonds is 43. The van der Waals surface area contributed by atoms with Gasteiger partial charge in [-0.3, -0.25) is 0 Å². The minimum absolute atomic E-state index is 0. The molecule has 0 bridgehead atoms. The van der Waals surface area contributed by atoms with Crippen molar-refractivity contribution in [3.8, 4) is 17.2 Å². The fourth-order valence-corrected chi connectivity index (χ4v) is 6.61. The number of carbonyl (C=O) groups excluding carboxylic acids is 4. The Morgan fingerprint density at radius 1 is 0.393 bits per heavy atom. The molecule has 0 aliphatic carbocycles. The number of carboxylic acids is 1. The van der Waals surface area contributed by atoms with Crippen molar-refractivity contribution >= 4 is 23.9 Å². The zero-order chi connectivity index (χ0) is 43.7. The van der Waals surface area contributed by atoms with E-state index in [0.29, 0.717) is 56.9 Å². The van der Waals surface area contributed by atoms with Gasteiger partial charge in [0.25, 0.3) is 0 Å². The summed E-state index contributed by atoms with van der Waals surface area (Å²) in [6.45, 7) is 12.9. The number of aromatic carboxylic acids is 1. The molecule has 0 N–H and O–H groups in total. The van der Waals surface area contributed by atoms with Gasteiger partial charge in [0.1, 0.15) is 0 Å². The number of esters is 3. The Morgan fingerprint density at radius 2 is 0.623 bits per heavy atom. The minimum atomic E-state index is -1.29. The van der Waals surface area contributed by atoms with E-state index in [1.54, 1.807) is 0 Å². The normalized spacial score (nSPS) is 10.6. The number of carboxylic acid groups (broad SMARTS) is 1. The van der Waals surface area contributed by atoms with E-state index in [0.717, 1.165) is 167 Å². The largest absolute Gasteiger partial charge is 1.00 e. The van der Waals surface area contributed by atoms with E-state index in [9.17, 15) is 24.3 Å². The fourth-order valence-electron chi connectivity index (χ4n) is 6.61. The Morgan fingerprint density at radius 3 is 0.869 bits per heavy atom. The number of unbranched alkanes of at least 4 members (excludes halogenated alkanes) is 24. The van der Waals surface area contributed by atoms with Crippen molar-refractivity contribution in [2.75, 3.05) is 39.6 Å². The third-order valence-electron chi connectivity index (χ3n) is 10.1. The number of carbonyl (C=O) groups is 4. The smallest absolute Gasteiger partial charge is 0.545 e. The molecule has 0 aliphatic heterocycles. The first-order valence-corrected chi connectivity index (χ1v) is 23.0. The maximum absolute atomic E-state index is 12.0. The van der Waals surface area contributed by atoms with Gasteiger partial charge in [0.05, 0.1) is 45.6 Å². The second kappa shape index (κ2) is 42.6. The molecule has 0 saturated carbocycles. The van der Waals surface area contributed by atoms with Crippen LogP contribution in [0.25, 0.3) is 0 Å². The van der Waals surface area contributed by atoms with E-state index in [1.165, 1.54) is 36.8 Å². The first kappa shape index (κ1) is 58.4. The molecular formula is C49H77KO11. The first-order valence-electron chi connectivity index (χ1n) is 23.0. The van der Waals surface area contributed by atoms with Crippen LogP contribution in [0.3, 0.4) is 0 Å². The molecule has 0 unspecified atom stereocenters. The molecule has 0 spiro atoms. The van der Waals surface area contributed by atoms with Gasteiger partial charge >= 0.3 is 69.3 Å². The molecule has 0 amide bonds. The third kappa shape index (κ3) is 34.5. The van der Waals surface area contributed by atoms with Crippen LogP contribution >= 0.6 is 0 Å². The van der Waals surface area contributed by atoms with Crippen molar-refractivity contribution < 1.29 is 104 Å². The van der Waals surface area contributed by atoms with Crippen LogP contribution in [0, 0.1) is 0 Å². The van der Waals surface area contributed by atoms with E-state index in [1.807, 2.05) is 0 Å². The Kier molecular flexibility index (Phi) is 40.8. The van der Waals surface area contributed by atoms with Crippen molar-refractivity contribution in [2.45, 2.75) is 173 Å². The second-order valence-electron chi connectivity index (χ2n) is 15.3. The van der Waals surface area contributed by atoms with Crippen LogP contribution in [0.1, 0.15) is 184 Å². The van der Waals surface area contributed by atoms with Crippen LogP contribution in [0.2, 0.25) is 0 Å². The van der Waals surface area contributed by atoms with Crippen molar-refractivity contribution in [3.63, 3.8) is 0 Å². The Labute approximate surface area is 410 Å². The summed E-state index contributed by atoms with van der Waals surface area (Å²) in [4.78, 5) is 45.4. The van der Waals surface area contributed by atoms with Crippen LogP contribution in [-0.4, -0.2) is 63.5 Å². The number of ether oxygens (including phenoxy) is 6. The van der Waals surface area contributed by atoms with Crippen LogP contribution in [0.4, 0.5) is 0 Å². The summed E-state index contributed by atoms with van der Waals surface area (Å²) in [5.74, 6) is -1.18. The molecule has 0 radical (unpaired) electrons. The van der Waals surface area contributed by atoms with Crippen molar-refractivity contribution in [1.29, 1.82) is 0 Å². The van der Waals surface area contributed by atoms with Crippen molar-refractivity contribution in [1.82, 2.24) is 0 Å². The van der Waals surface area contributed by atoms with Gasteiger partial charge in [0.2, 0.25) is 5.75 Å². The molecule has 0 atom stereocenters. The summed E-state index contributed by atoms with van der Waals surface area (Å²) in [5, 5.41) is 12.0. The molecule has 1 aromatic carbocycles. The molecular weight excluding hydrogens is 804 g/mol. The molecule has 12 heteroatoms. The summed E-state index contributed by atoms with van der Waals surface area (Å²) < 4.78 is 33.7. The molecule has 340 valence electrons. The number of hydrogen-bond donors (Lipinski definition) is 0. The number of benzene rings is 1. The minimum Gasteiger partial charge on any atom is -0.545 e. The van der Waals surface area contributed by atoms with Gasteiger partial charge < -0.3 is 38.3 Å². The second-order valence-corrected chi connectivity index (χ2v) is 15.3. The zero-order valence-electron chi connectivity index (χ0n) is 37.8. The fraction of sp³-hybridized carbons (Fsp3) is 0.673. The predicted molar refractivity (Wildman–Crippen MR) is 235 cm³/mol. The molecule has 0 aromatic heterocycles. The quantitative estimate of drug-likeness (QED) is 0.0207. The van der Waals surface area contributed by atoms with Crippen molar-refractivity contribution in [2.24, 2.45) is 0 Å². The van der Waals surface area contributed by atoms with Gasteiger partial charge in [-0.25, -0.2) is 14.4 Å².